The van der Waals surface area contributed by atoms with E-state index in [9.17, 15) is 15.0 Å². The number of hydrazone groups is 1. The van der Waals surface area contributed by atoms with Gasteiger partial charge in [-0.15, -0.1) is 0 Å². The van der Waals surface area contributed by atoms with E-state index in [-0.39, 0.29) is 25.6 Å². The average Bonchev–Trinajstić information content (AvgIpc) is 3.14. The maximum absolute atomic E-state index is 12.3. The van der Waals surface area contributed by atoms with Crippen LogP contribution in [0.15, 0.2) is 35.4 Å². The second kappa shape index (κ2) is 7.85. The molecule has 0 fully saturated rings. The standard InChI is InChI=1S/C18H18N2O6/c1-24-16-6-12(5-13(8-21)14(16)9-22)18(23)20-19-7-11-2-3-15-17(4-11)26-10-25-15/h2-7,21-22H,8-10H2,1H3,(H,20,23). The fourth-order valence-corrected chi connectivity index (χ4v) is 2.56. The Hall–Kier alpha value is -3.10. The minimum Gasteiger partial charge on any atom is -0.496 e. The maximum Gasteiger partial charge on any atom is 0.271 e. The minimum absolute atomic E-state index is 0.186. The summed E-state index contributed by atoms with van der Waals surface area (Å²) >= 11 is 0. The quantitative estimate of drug-likeness (QED) is 0.528. The Morgan fingerprint density at radius 3 is 2.77 bits per heavy atom. The fraction of sp³-hybridized carbons (Fsp3) is 0.222. The summed E-state index contributed by atoms with van der Waals surface area (Å²) in [6.07, 6.45) is 1.48. The van der Waals surface area contributed by atoms with E-state index in [0.717, 1.165) is 5.56 Å². The van der Waals surface area contributed by atoms with Crippen molar-refractivity contribution in [2.24, 2.45) is 5.10 Å². The van der Waals surface area contributed by atoms with Crippen molar-refractivity contribution in [1.82, 2.24) is 5.43 Å². The Morgan fingerprint density at radius 2 is 2.04 bits per heavy atom. The molecule has 26 heavy (non-hydrogen) atoms. The van der Waals surface area contributed by atoms with Crippen LogP contribution in [-0.2, 0) is 13.2 Å². The lowest BCUT2D eigenvalue weighted by atomic mass is 10.0. The van der Waals surface area contributed by atoms with Gasteiger partial charge in [0.2, 0.25) is 6.79 Å². The summed E-state index contributed by atoms with van der Waals surface area (Å²) in [7, 11) is 1.43. The summed E-state index contributed by atoms with van der Waals surface area (Å²) in [5.41, 5.74) is 4.26. The molecule has 0 aromatic heterocycles. The van der Waals surface area contributed by atoms with Gasteiger partial charge in [-0.1, -0.05) is 0 Å². The monoisotopic (exact) mass is 358 g/mol. The van der Waals surface area contributed by atoms with Gasteiger partial charge in [0.15, 0.2) is 11.5 Å². The number of rotatable bonds is 6. The number of benzene rings is 2. The summed E-state index contributed by atoms with van der Waals surface area (Å²) in [4.78, 5) is 12.3. The Bertz CT molecular complexity index is 825. The van der Waals surface area contributed by atoms with Crippen LogP contribution >= 0.6 is 0 Å². The zero-order chi connectivity index (χ0) is 18.5. The summed E-state index contributed by atoms with van der Waals surface area (Å²) < 4.78 is 15.7. The molecule has 0 atom stereocenters. The zero-order valence-electron chi connectivity index (χ0n) is 14.1. The van der Waals surface area contributed by atoms with Gasteiger partial charge in [-0.05, 0) is 41.5 Å². The molecule has 0 bridgehead atoms. The van der Waals surface area contributed by atoms with Gasteiger partial charge in [0.05, 0.1) is 26.5 Å². The number of aliphatic hydroxyl groups is 2. The molecule has 1 heterocycles. The number of nitrogens with zero attached hydrogens (tertiary/aromatic N) is 1. The van der Waals surface area contributed by atoms with Crippen LogP contribution in [0, 0.1) is 0 Å². The van der Waals surface area contributed by atoms with Crippen molar-refractivity contribution in [3.63, 3.8) is 0 Å². The van der Waals surface area contributed by atoms with Crippen molar-refractivity contribution in [3.8, 4) is 17.2 Å². The number of carbonyl (C=O) groups is 1. The Morgan fingerprint density at radius 1 is 1.23 bits per heavy atom. The largest absolute Gasteiger partial charge is 0.496 e. The lowest BCUT2D eigenvalue weighted by molar-refractivity contribution is 0.0954. The van der Waals surface area contributed by atoms with E-state index in [1.807, 2.05) is 0 Å². The van der Waals surface area contributed by atoms with Gasteiger partial charge in [-0.2, -0.15) is 5.10 Å². The SMILES string of the molecule is COc1cc(C(=O)NN=Cc2ccc3c(c2)OCO3)cc(CO)c1CO. The molecular weight excluding hydrogens is 340 g/mol. The van der Waals surface area contributed by atoms with E-state index in [1.165, 1.54) is 25.5 Å². The number of hydrogen-bond donors (Lipinski definition) is 3. The van der Waals surface area contributed by atoms with Gasteiger partial charge >= 0.3 is 0 Å². The summed E-state index contributed by atoms with van der Waals surface area (Å²) in [6.45, 7) is -0.442. The molecule has 2 aromatic rings. The van der Waals surface area contributed by atoms with Crippen LogP contribution in [0.3, 0.4) is 0 Å². The number of methoxy groups -OCH3 is 1. The van der Waals surface area contributed by atoms with Crippen molar-refractivity contribution in [2.45, 2.75) is 13.2 Å². The molecule has 3 N–H and O–H groups in total. The molecular formula is C18H18N2O6. The van der Waals surface area contributed by atoms with Crippen molar-refractivity contribution < 1.29 is 29.2 Å². The molecule has 0 unspecified atom stereocenters. The molecule has 3 rings (SSSR count). The van der Waals surface area contributed by atoms with E-state index in [2.05, 4.69) is 10.5 Å². The number of ether oxygens (including phenoxy) is 3. The molecule has 2 aromatic carbocycles. The third-order valence-electron chi connectivity index (χ3n) is 3.89. The number of fused-ring (bicyclic) bond motifs is 1. The van der Waals surface area contributed by atoms with Crippen LogP contribution < -0.4 is 19.6 Å². The van der Waals surface area contributed by atoms with Crippen LogP contribution in [0.5, 0.6) is 17.2 Å². The smallest absolute Gasteiger partial charge is 0.271 e. The highest BCUT2D eigenvalue weighted by Gasteiger charge is 2.15. The second-order valence-electron chi connectivity index (χ2n) is 5.44. The average molecular weight is 358 g/mol. The first kappa shape index (κ1) is 17.7. The lowest BCUT2D eigenvalue weighted by Crippen LogP contribution is -2.18. The first-order valence-electron chi connectivity index (χ1n) is 7.80. The normalized spacial score (nSPS) is 12.4. The Kier molecular flexibility index (Phi) is 5.35. The van der Waals surface area contributed by atoms with Gasteiger partial charge in [-0.3, -0.25) is 4.79 Å². The lowest BCUT2D eigenvalue weighted by Gasteiger charge is -2.12. The van der Waals surface area contributed by atoms with Gasteiger partial charge < -0.3 is 24.4 Å². The number of carbonyl (C=O) groups excluding carboxylic acids is 1. The van der Waals surface area contributed by atoms with E-state index < -0.39 is 5.91 Å². The molecule has 1 amide bonds. The molecule has 8 heteroatoms. The molecule has 0 saturated carbocycles. The minimum atomic E-state index is -0.473. The molecule has 0 saturated heterocycles. The molecule has 8 nitrogen and oxygen atoms in total. The Balaban J connectivity index is 1.73. The Labute approximate surface area is 149 Å². The highest BCUT2D eigenvalue weighted by atomic mass is 16.7. The van der Waals surface area contributed by atoms with E-state index in [4.69, 9.17) is 14.2 Å². The number of amides is 1. The van der Waals surface area contributed by atoms with Crippen LogP contribution in [0.2, 0.25) is 0 Å². The number of hydrogen-bond acceptors (Lipinski definition) is 7. The molecule has 0 aliphatic carbocycles. The van der Waals surface area contributed by atoms with Crippen LogP contribution in [0.1, 0.15) is 27.0 Å². The fourth-order valence-electron chi connectivity index (χ4n) is 2.56. The third-order valence-corrected chi connectivity index (χ3v) is 3.89. The molecule has 1 aliphatic heterocycles. The van der Waals surface area contributed by atoms with Gasteiger partial charge in [0, 0.05) is 11.1 Å². The molecule has 0 spiro atoms. The predicted molar refractivity (Wildman–Crippen MR) is 92.5 cm³/mol. The van der Waals surface area contributed by atoms with Gasteiger partial charge in [0.25, 0.3) is 5.91 Å². The summed E-state index contributed by atoms with van der Waals surface area (Å²) in [5.74, 6) is 1.14. The van der Waals surface area contributed by atoms with Crippen LogP contribution in [0.4, 0.5) is 0 Å². The van der Waals surface area contributed by atoms with Crippen LogP contribution in [-0.4, -0.2) is 36.2 Å². The van der Waals surface area contributed by atoms with Crippen molar-refractivity contribution in [2.75, 3.05) is 13.9 Å². The highest BCUT2D eigenvalue weighted by Crippen LogP contribution is 2.32. The van der Waals surface area contributed by atoms with Crippen molar-refractivity contribution >= 4 is 12.1 Å². The second-order valence-corrected chi connectivity index (χ2v) is 5.44. The summed E-state index contributed by atoms with van der Waals surface area (Å²) in [5, 5.41) is 22.7. The molecule has 1 aliphatic rings. The van der Waals surface area contributed by atoms with E-state index in [0.29, 0.717) is 28.4 Å². The van der Waals surface area contributed by atoms with Gasteiger partial charge in [-0.25, -0.2) is 5.43 Å². The van der Waals surface area contributed by atoms with Crippen molar-refractivity contribution in [1.29, 1.82) is 0 Å². The van der Waals surface area contributed by atoms with E-state index in [1.54, 1.807) is 18.2 Å². The number of aliphatic hydroxyl groups excluding tert-OH is 2. The first-order valence-corrected chi connectivity index (χ1v) is 7.80. The number of nitrogens with one attached hydrogen (secondary N) is 1. The van der Waals surface area contributed by atoms with Crippen molar-refractivity contribution in [3.05, 3.63) is 52.6 Å². The maximum atomic E-state index is 12.3. The van der Waals surface area contributed by atoms with E-state index >= 15 is 0 Å². The zero-order valence-corrected chi connectivity index (χ0v) is 14.1. The predicted octanol–water partition coefficient (Wildman–Crippen LogP) is 1.17. The molecule has 0 radical (unpaired) electrons. The highest BCUT2D eigenvalue weighted by molar-refractivity contribution is 5.95. The first-order chi connectivity index (χ1) is 12.7. The van der Waals surface area contributed by atoms with Gasteiger partial charge in [0.1, 0.15) is 5.75 Å². The van der Waals surface area contributed by atoms with Crippen LogP contribution in [0.25, 0.3) is 0 Å². The third kappa shape index (κ3) is 3.61. The summed E-state index contributed by atoms with van der Waals surface area (Å²) in [6, 6.07) is 8.26. The topological polar surface area (TPSA) is 110 Å². The molecule has 136 valence electrons.